The lowest BCUT2D eigenvalue weighted by molar-refractivity contribution is -0.141. The first-order valence-electron chi connectivity index (χ1n) is 6.33. The number of rotatable bonds is 6. The second-order valence-electron chi connectivity index (χ2n) is 4.49. The number of carbonyl (C=O) groups excluding carboxylic acids is 2. The summed E-state index contributed by atoms with van der Waals surface area (Å²) < 4.78 is 4.98. The minimum absolute atomic E-state index is 0.377. The highest BCUT2D eigenvalue weighted by Gasteiger charge is 2.20. The zero-order chi connectivity index (χ0) is 16.0. The van der Waals surface area contributed by atoms with Crippen LogP contribution in [0.1, 0.15) is 24.2 Å². The molecule has 0 spiro atoms. The Morgan fingerprint density at radius 2 is 1.62 bits per heavy atom. The molecule has 21 heavy (non-hydrogen) atoms. The number of methoxy groups -OCH3 is 1. The van der Waals surface area contributed by atoms with Gasteiger partial charge in [-0.25, -0.2) is 0 Å². The Hall–Kier alpha value is -2.57. The summed E-state index contributed by atoms with van der Waals surface area (Å²) in [6.45, 7) is 2.82. The van der Waals surface area contributed by atoms with Crippen LogP contribution >= 0.6 is 0 Å². The topological polar surface area (TPSA) is 105 Å². The maximum absolute atomic E-state index is 11.9. The van der Waals surface area contributed by atoms with Crippen molar-refractivity contribution in [3.8, 4) is 5.75 Å². The third-order valence-corrected chi connectivity index (χ3v) is 2.82. The van der Waals surface area contributed by atoms with Crippen molar-refractivity contribution >= 4 is 17.8 Å². The van der Waals surface area contributed by atoms with Gasteiger partial charge >= 0.3 is 5.97 Å². The van der Waals surface area contributed by atoms with E-state index in [4.69, 9.17) is 9.84 Å². The van der Waals surface area contributed by atoms with E-state index in [0.29, 0.717) is 11.3 Å². The van der Waals surface area contributed by atoms with Gasteiger partial charge in [0.25, 0.3) is 5.91 Å². The number of carbonyl (C=O) groups is 3. The van der Waals surface area contributed by atoms with Crippen LogP contribution in [0, 0.1) is 0 Å². The van der Waals surface area contributed by atoms with Crippen LogP contribution in [0.15, 0.2) is 24.3 Å². The standard InChI is InChI=1S/C14H18N2O5/c1-8(12(17)16-9(2)14(19)20)15-13(18)10-4-6-11(21-3)7-5-10/h4-9H,1-3H3,(H,15,18)(H,16,17)(H,19,20)/t8-,9-/m0/s1. The van der Waals surface area contributed by atoms with E-state index in [2.05, 4.69) is 10.6 Å². The van der Waals surface area contributed by atoms with Crippen molar-refractivity contribution in [1.82, 2.24) is 10.6 Å². The molecule has 114 valence electrons. The molecule has 0 saturated carbocycles. The Kier molecular flexibility index (Phi) is 5.71. The van der Waals surface area contributed by atoms with Gasteiger partial charge in [-0.1, -0.05) is 0 Å². The van der Waals surface area contributed by atoms with Crippen LogP contribution in [-0.2, 0) is 9.59 Å². The molecule has 1 aromatic carbocycles. The van der Waals surface area contributed by atoms with Crippen LogP contribution in [0.4, 0.5) is 0 Å². The number of benzene rings is 1. The minimum Gasteiger partial charge on any atom is -0.497 e. The predicted molar refractivity (Wildman–Crippen MR) is 75.2 cm³/mol. The average molecular weight is 294 g/mol. The zero-order valence-electron chi connectivity index (χ0n) is 12.0. The molecule has 1 aromatic rings. The fourth-order valence-electron chi connectivity index (χ4n) is 1.49. The maximum atomic E-state index is 11.9. The molecule has 3 N–H and O–H groups in total. The first-order valence-corrected chi connectivity index (χ1v) is 6.33. The van der Waals surface area contributed by atoms with Crippen molar-refractivity contribution in [2.45, 2.75) is 25.9 Å². The number of carboxylic acid groups (broad SMARTS) is 1. The molecule has 0 heterocycles. The number of hydrogen-bond acceptors (Lipinski definition) is 4. The molecule has 0 aliphatic carbocycles. The number of amides is 2. The van der Waals surface area contributed by atoms with Gasteiger partial charge in [0.05, 0.1) is 7.11 Å². The predicted octanol–water partition coefficient (Wildman–Crippen LogP) is 0.403. The van der Waals surface area contributed by atoms with E-state index in [9.17, 15) is 14.4 Å². The number of hydrogen-bond donors (Lipinski definition) is 3. The van der Waals surface area contributed by atoms with Crippen LogP contribution in [0.5, 0.6) is 5.75 Å². The van der Waals surface area contributed by atoms with Crippen molar-refractivity contribution in [2.24, 2.45) is 0 Å². The van der Waals surface area contributed by atoms with Gasteiger partial charge in [-0.3, -0.25) is 14.4 Å². The van der Waals surface area contributed by atoms with Gasteiger partial charge in [0.15, 0.2) is 0 Å². The third kappa shape index (κ3) is 4.79. The van der Waals surface area contributed by atoms with Crippen molar-refractivity contribution in [2.75, 3.05) is 7.11 Å². The van der Waals surface area contributed by atoms with E-state index in [-0.39, 0.29) is 0 Å². The molecule has 0 bridgehead atoms. The molecule has 0 unspecified atom stereocenters. The lowest BCUT2D eigenvalue weighted by Gasteiger charge is -2.16. The second kappa shape index (κ2) is 7.28. The fraction of sp³-hybridized carbons (Fsp3) is 0.357. The largest absolute Gasteiger partial charge is 0.497 e. The smallest absolute Gasteiger partial charge is 0.325 e. The van der Waals surface area contributed by atoms with Crippen molar-refractivity contribution in [3.63, 3.8) is 0 Å². The highest BCUT2D eigenvalue weighted by Crippen LogP contribution is 2.11. The second-order valence-corrected chi connectivity index (χ2v) is 4.49. The maximum Gasteiger partial charge on any atom is 0.325 e. The molecule has 2 amide bonds. The van der Waals surface area contributed by atoms with Gasteiger partial charge in [-0.2, -0.15) is 0 Å². The Labute approximate surface area is 122 Å². The molecule has 0 radical (unpaired) electrons. The SMILES string of the molecule is COc1ccc(C(=O)N[C@@H](C)C(=O)N[C@@H](C)C(=O)O)cc1. The molecular formula is C14H18N2O5. The Morgan fingerprint density at radius 3 is 2.10 bits per heavy atom. The highest BCUT2D eigenvalue weighted by molar-refractivity contribution is 5.98. The van der Waals surface area contributed by atoms with Crippen LogP contribution in [0.3, 0.4) is 0 Å². The van der Waals surface area contributed by atoms with E-state index in [1.54, 1.807) is 24.3 Å². The minimum atomic E-state index is -1.14. The van der Waals surface area contributed by atoms with Gasteiger partial charge in [-0.05, 0) is 38.1 Å². The zero-order valence-corrected chi connectivity index (χ0v) is 12.0. The molecule has 2 atom stereocenters. The van der Waals surface area contributed by atoms with E-state index < -0.39 is 29.9 Å². The van der Waals surface area contributed by atoms with Crippen molar-refractivity contribution in [3.05, 3.63) is 29.8 Å². The molecular weight excluding hydrogens is 276 g/mol. The molecule has 0 aliphatic rings. The molecule has 0 fully saturated rings. The quantitative estimate of drug-likeness (QED) is 0.704. The number of ether oxygens (including phenoxy) is 1. The summed E-state index contributed by atoms with van der Waals surface area (Å²) in [6, 6.07) is 4.54. The van der Waals surface area contributed by atoms with E-state index in [0.717, 1.165) is 0 Å². The van der Waals surface area contributed by atoms with E-state index in [1.807, 2.05) is 0 Å². The van der Waals surface area contributed by atoms with Crippen LogP contribution in [0.2, 0.25) is 0 Å². The normalized spacial score (nSPS) is 12.9. The summed E-state index contributed by atoms with van der Waals surface area (Å²) in [4.78, 5) is 34.3. The number of aliphatic carboxylic acids is 1. The lowest BCUT2D eigenvalue weighted by Crippen LogP contribution is -2.49. The Bertz CT molecular complexity index is 527. The van der Waals surface area contributed by atoms with Crippen molar-refractivity contribution in [1.29, 1.82) is 0 Å². The first kappa shape index (κ1) is 16.5. The molecule has 0 aromatic heterocycles. The van der Waals surface area contributed by atoms with Gasteiger partial charge < -0.3 is 20.5 Å². The molecule has 7 nitrogen and oxygen atoms in total. The van der Waals surface area contributed by atoms with E-state index >= 15 is 0 Å². The van der Waals surface area contributed by atoms with Crippen LogP contribution in [-0.4, -0.2) is 42.1 Å². The average Bonchev–Trinajstić information content (AvgIpc) is 2.46. The summed E-state index contributed by atoms with van der Waals surface area (Å²) >= 11 is 0. The fourth-order valence-corrected chi connectivity index (χ4v) is 1.49. The molecule has 7 heteroatoms. The molecule has 0 saturated heterocycles. The summed E-state index contributed by atoms with van der Waals surface area (Å²) in [5, 5.41) is 13.5. The molecule has 1 rings (SSSR count). The number of nitrogens with one attached hydrogen (secondary N) is 2. The first-order chi connectivity index (χ1) is 9.85. The highest BCUT2D eigenvalue weighted by atomic mass is 16.5. The lowest BCUT2D eigenvalue weighted by atomic mass is 10.2. The van der Waals surface area contributed by atoms with Crippen LogP contribution < -0.4 is 15.4 Å². The van der Waals surface area contributed by atoms with Crippen molar-refractivity contribution < 1.29 is 24.2 Å². The number of carboxylic acids is 1. The summed E-state index contributed by atoms with van der Waals surface area (Å²) in [6.07, 6.45) is 0. The van der Waals surface area contributed by atoms with Crippen LogP contribution in [0.25, 0.3) is 0 Å². The Morgan fingerprint density at radius 1 is 1.05 bits per heavy atom. The molecule has 0 aliphatic heterocycles. The summed E-state index contributed by atoms with van der Waals surface area (Å²) in [5.74, 6) is -1.51. The third-order valence-electron chi connectivity index (χ3n) is 2.82. The summed E-state index contributed by atoms with van der Waals surface area (Å²) in [5.41, 5.74) is 0.377. The van der Waals surface area contributed by atoms with Gasteiger partial charge in [0, 0.05) is 5.56 Å². The van der Waals surface area contributed by atoms with Gasteiger partial charge in [0.1, 0.15) is 17.8 Å². The summed E-state index contributed by atoms with van der Waals surface area (Å²) in [7, 11) is 1.52. The van der Waals surface area contributed by atoms with E-state index in [1.165, 1.54) is 21.0 Å². The van der Waals surface area contributed by atoms with Gasteiger partial charge in [0.2, 0.25) is 5.91 Å². The Balaban J connectivity index is 2.60. The monoisotopic (exact) mass is 294 g/mol. The van der Waals surface area contributed by atoms with Gasteiger partial charge in [-0.15, -0.1) is 0 Å².